The largest absolute Gasteiger partial charge is 0.506 e. The zero-order valence-corrected chi connectivity index (χ0v) is 19.6. The van der Waals surface area contributed by atoms with E-state index in [1.165, 1.54) is 23.1 Å². The van der Waals surface area contributed by atoms with Gasteiger partial charge in [0.1, 0.15) is 30.0 Å². The lowest BCUT2D eigenvalue weighted by molar-refractivity contribution is 0.0884. The molecule has 0 aromatic carbocycles. The Morgan fingerprint density at radius 2 is 2.06 bits per heavy atom. The molecule has 5 rings (SSSR count). The van der Waals surface area contributed by atoms with Gasteiger partial charge in [0, 0.05) is 47.7 Å². The van der Waals surface area contributed by atoms with E-state index in [2.05, 4.69) is 31.4 Å². The number of amides is 1. The second-order valence-corrected chi connectivity index (χ2v) is 9.13. The summed E-state index contributed by atoms with van der Waals surface area (Å²) in [5.41, 5.74) is 2.40. The molecule has 1 aliphatic rings. The van der Waals surface area contributed by atoms with Gasteiger partial charge in [-0.1, -0.05) is 6.07 Å². The number of anilines is 1. The molecule has 4 aromatic rings. The summed E-state index contributed by atoms with van der Waals surface area (Å²) in [6.07, 6.45) is 7.51. The van der Waals surface area contributed by atoms with E-state index in [-0.39, 0.29) is 22.9 Å². The Morgan fingerprint density at radius 3 is 2.75 bits per heavy atom. The topological polar surface area (TPSA) is 119 Å². The van der Waals surface area contributed by atoms with Crippen LogP contribution in [0.15, 0.2) is 55.1 Å². The van der Waals surface area contributed by atoms with Crippen LogP contribution in [-0.4, -0.2) is 49.2 Å². The number of aromatic hydroxyl groups is 1. The highest BCUT2D eigenvalue weighted by Crippen LogP contribution is 2.32. The van der Waals surface area contributed by atoms with Crippen molar-refractivity contribution in [3.63, 3.8) is 0 Å². The minimum Gasteiger partial charge on any atom is -0.506 e. The molecule has 0 aliphatic carbocycles. The number of piperidine rings is 1. The molecule has 182 valence electrons. The van der Waals surface area contributed by atoms with E-state index >= 15 is 0 Å². The third kappa shape index (κ3) is 4.31. The van der Waals surface area contributed by atoms with Crippen LogP contribution < -0.4 is 10.2 Å². The van der Waals surface area contributed by atoms with Crippen molar-refractivity contribution in [2.45, 2.75) is 32.0 Å². The third-order valence-electron chi connectivity index (χ3n) is 6.63. The standard InChI is InChI=1S/C26H24FN7O2/c1-26(32-25(36)23-17(12-27)3-2-8-29-23)6-9-33(10-7-26)22-5-4-18(14-30-22)21-11-20(35)16-34-24(21)19(13-28)15-31-34/h2-5,8,11,14-16,35H,6-7,9-10,12H2,1H3,(H,32,36). The second kappa shape index (κ2) is 9.26. The predicted molar refractivity (Wildman–Crippen MR) is 131 cm³/mol. The third-order valence-corrected chi connectivity index (χ3v) is 6.63. The molecule has 0 bridgehead atoms. The smallest absolute Gasteiger partial charge is 0.270 e. The number of carbonyl (C=O) groups is 1. The van der Waals surface area contributed by atoms with E-state index in [4.69, 9.17) is 0 Å². The first-order valence-electron chi connectivity index (χ1n) is 11.5. The SMILES string of the molecule is CC1(NC(=O)c2ncccc2CF)CCN(c2ccc(-c3cc(O)cn4ncc(C#N)c34)cn2)CC1. The van der Waals surface area contributed by atoms with Gasteiger partial charge in [0.15, 0.2) is 0 Å². The number of hydrogen-bond acceptors (Lipinski definition) is 7. The number of fused-ring (bicyclic) bond motifs is 1. The van der Waals surface area contributed by atoms with Crippen molar-refractivity contribution in [3.8, 4) is 22.9 Å². The molecule has 1 saturated heterocycles. The lowest BCUT2D eigenvalue weighted by Crippen LogP contribution is -2.53. The van der Waals surface area contributed by atoms with E-state index in [1.807, 2.05) is 19.1 Å². The first-order valence-corrected chi connectivity index (χ1v) is 11.5. The van der Waals surface area contributed by atoms with Crippen molar-refractivity contribution < 1.29 is 14.3 Å². The molecule has 10 heteroatoms. The van der Waals surface area contributed by atoms with Gasteiger partial charge in [0.05, 0.1) is 23.5 Å². The van der Waals surface area contributed by atoms with E-state index in [1.54, 1.807) is 24.4 Å². The highest BCUT2D eigenvalue weighted by molar-refractivity contribution is 5.94. The molecule has 5 heterocycles. The Morgan fingerprint density at radius 1 is 1.25 bits per heavy atom. The van der Waals surface area contributed by atoms with Gasteiger partial charge in [-0.25, -0.2) is 13.9 Å². The highest BCUT2D eigenvalue weighted by Gasteiger charge is 2.33. The summed E-state index contributed by atoms with van der Waals surface area (Å²) in [7, 11) is 0. The zero-order valence-electron chi connectivity index (χ0n) is 19.6. The van der Waals surface area contributed by atoms with Gasteiger partial charge in [0.2, 0.25) is 0 Å². The van der Waals surface area contributed by atoms with Crippen LogP contribution in [-0.2, 0) is 6.67 Å². The van der Waals surface area contributed by atoms with Crippen LogP contribution >= 0.6 is 0 Å². The molecule has 0 saturated carbocycles. The maximum absolute atomic E-state index is 13.2. The Balaban J connectivity index is 1.29. The molecule has 0 spiro atoms. The molecule has 1 amide bonds. The van der Waals surface area contributed by atoms with Gasteiger partial charge >= 0.3 is 0 Å². The number of nitriles is 1. The van der Waals surface area contributed by atoms with Crippen LogP contribution in [0.2, 0.25) is 0 Å². The molecule has 9 nitrogen and oxygen atoms in total. The highest BCUT2D eigenvalue weighted by atomic mass is 19.1. The minimum absolute atomic E-state index is 0.0378. The van der Waals surface area contributed by atoms with E-state index < -0.39 is 12.2 Å². The van der Waals surface area contributed by atoms with Crippen LogP contribution in [0.4, 0.5) is 10.2 Å². The van der Waals surface area contributed by atoms with Gasteiger partial charge in [-0.3, -0.25) is 9.78 Å². The van der Waals surface area contributed by atoms with Crippen molar-refractivity contribution in [1.82, 2.24) is 24.9 Å². The fraction of sp³-hybridized carbons (Fsp3) is 0.269. The summed E-state index contributed by atoms with van der Waals surface area (Å²) in [5, 5.41) is 26.7. The van der Waals surface area contributed by atoms with Crippen LogP contribution in [0, 0.1) is 11.3 Å². The van der Waals surface area contributed by atoms with Crippen molar-refractivity contribution in [3.05, 3.63) is 71.9 Å². The van der Waals surface area contributed by atoms with Gasteiger partial charge in [-0.15, -0.1) is 0 Å². The number of halogens is 1. The summed E-state index contributed by atoms with van der Waals surface area (Å²) >= 11 is 0. The van der Waals surface area contributed by atoms with Gasteiger partial charge in [0.25, 0.3) is 5.91 Å². The summed E-state index contributed by atoms with van der Waals surface area (Å²) in [4.78, 5) is 23.6. The average molecular weight is 486 g/mol. The van der Waals surface area contributed by atoms with Crippen LogP contribution in [0.1, 0.15) is 41.4 Å². The quantitative estimate of drug-likeness (QED) is 0.443. The zero-order chi connectivity index (χ0) is 25.3. The molecule has 2 N–H and O–H groups in total. The maximum Gasteiger partial charge on any atom is 0.270 e. The summed E-state index contributed by atoms with van der Waals surface area (Å²) in [6, 6.07) is 10.7. The van der Waals surface area contributed by atoms with Crippen LogP contribution in [0.5, 0.6) is 5.75 Å². The number of hydrogen-bond donors (Lipinski definition) is 2. The number of pyridine rings is 3. The van der Waals surface area contributed by atoms with Crippen molar-refractivity contribution >= 4 is 17.2 Å². The minimum atomic E-state index is -0.740. The van der Waals surface area contributed by atoms with Gasteiger partial charge in [-0.05, 0) is 44.0 Å². The van der Waals surface area contributed by atoms with Gasteiger partial charge in [-0.2, -0.15) is 10.4 Å². The molecule has 1 aliphatic heterocycles. The summed E-state index contributed by atoms with van der Waals surface area (Å²) in [5.74, 6) is 0.466. The number of carbonyl (C=O) groups excluding carboxylic acids is 1. The summed E-state index contributed by atoms with van der Waals surface area (Å²) in [6.45, 7) is 2.61. The monoisotopic (exact) mass is 485 g/mol. The fourth-order valence-corrected chi connectivity index (χ4v) is 4.58. The lowest BCUT2D eigenvalue weighted by Gasteiger charge is -2.40. The lowest BCUT2D eigenvalue weighted by atomic mass is 9.89. The van der Waals surface area contributed by atoms with Gasteiger partial charge < -0.3 is 15.3 Å². The molecular formula is C26H24FN7O2. The summed E-state index contributed by atoms with van der Waals surface area (Å²) < 4.78 is 14.7. The number of nitrogens with one attached hydrogen (secondary N) is 1. The number of rotatable bonds is 5. The normalized spacial score (nSPS) is 15.0. The van der Waals surface area contributed by atoms with Crippen LogP contribution in [0.3, 0.4) is 0 Å². The van der Waals surface area contributed by atoms with E-state index in [0.717, 1.165) is 11.4 Å². The fourth-order valence-electron chi connectivity index (χ4n) is 4.58. The molecule has 0 unspecified atom stereocenters. The maximum atomic E-state index is 13.2. The number of alkyl halides is 1. The van der Waals surface area contributed by atoms with Crippen molar-refractivity contribution in [2.75, 3.05) is 18.0 Å². The number of nitrogens with zero attached hydrogens (tertiary/aromatic N) is 6. The first kappa shape index (κ1) is 23.2. The number of aromatic nitrogens is 4. The van der Waals surface area contributed by atoms with E-state index in [0.29, 0.717) is 42.6 Å². The predicted octanol–water partition coefficient (Wildman–Crippen LogP) is 3.63. The Bertz CT molecular complexity index is 1470. The molecule has 36 heavy (non-hydrogen) atoms. The molecular weight excluding hydrogens is 461 g/mol. The van der Waals surface area contributed by atoms with Crippen molar-refractivity contribution in [1.29, 1.82) is 5.26 Å². The van der Waals surface area contributed by atoms with E-state index in [9.17, 15) is 19.6 Å². The molecule has 4 aromatic heterocycles. The first-order chi connectivity index (χ1) is 17.4. The Hall–Kier alpha value is -4.52. The second-order valence-electron chi connectivity index (χ2n) is 9.13. The molecule has 0 atom stereocenters. The molecule has 0 radical (unpaired) electrons. The Kier molecular flexibility index (Phi) is 5.98. The van der Waals surface area contributed by atoms with Crippen LogP contribution in [0.25, 0.3) is 16.6 Å². The Labute approximate surface area is 206 Å². The molecule has 1 fully saturated rings. The van der Waals surface area contributed by atoms with Crippen molar-refractivity contribution in [2.24, 2.45) is 0 Å². The average Bonchev–Trinajstić information content (AvgIpc) is 3.31.